The molecule has 0 amide bonds. The highest BCUT2D eigenvalue weighted by atomic mass is 16.3. The Morgan fingerprint density at radius 3 is 1.92 bits per heavy atom. The molecule has 0 unspecified atom stereocenters. The van der Waals surface area contributed by atoms with Gasteiger partial charge in [-0.15, -0.1) is 0 Å². The zero-order valence-electron chi connectivity index (χ0n) is 26.7. The zero-order chi connectivity index (χ0) is 32.8. The van der Waals surface area contributed by atoms with Crippen molar-refractivity contribution in [3.05, 3.63) is 158 Å². The van der Waals surface area contributed by atoms with Crippen LogP contribution in [0.3, 0.4) is 0 Å². The van der Waals surface area contributed by atoms with E-state index >= 15 is 0 Å². The number of furan rings is 2. The van der Waals surface area contributed by atoms with Crippen LogP contribution in [0.2, 0.25) is 0 Å². The molecule has 4 heteroatoms. The third-order valence-electron chi connectivity index (χ3n) is 10.0. The Hall–Kier alpha value is -6.78. The summed E-state index contributed by atoms with van der Waals surface area (Å²) in [5, 5.41) is 8.17. The zero-order valence-corrected chi connectivity index (χ0v) is 26.7. The number of hydrogen-bond donors (Lipinski definition) is 0. The molecule has 0 saturated heterocycles. The first-order valence-electron chi connectivity index (χ1n) is 16.8. The molecule has 0 spiro atoms. The summed E-state index contributed by atoms with van der Waals surface area (Å²) in [4.78, 5) is 10.3. The predicted molar refractivity (Wildman–Crippen MR) is 205 cm³/mol. The van der Waals surface area contributed by atoms with Crippen LogP contribution in [0.1, 0.15) is 0 Å². The predicted octanol–water partition coefficient (Wildman–Crippen LogP) is 12.7. The molecule has 0 aliphatic rings. The highest BCUT2D eigenvalue weighted by Crippen LogP contribution is 2.47. The monoisotopic (exact) mass is 638 g/mol. The van der Waals surface area contributed by atoms with E-state index in [1.54, 1.807) is 0 Å². The minimum absolute atomic E-state index is 0.661. The molecule has 232 valence electrons. The Morgan fingerprint density at radius 2 is 1.04 bits per heavy atom. The average molecular weight is 639 g/mol. The summed E-state index contributed by atoms with van der Waals surface area (Å²) in [5.74, 6) is 0.661. The molecule has 0 aliphatic carbocycles. The summed E-state index contributed by atoms with van der Waals surface area (Å²) in [7, 11) is 0. The minimum Gasteiger partial charge on any atom is -0.456 e. The van der Waals surface area contributed by atoms with Crippen molar-refractivity contribution in [3.8, 4) is 44.9 Å². The van der Waals surface area contributed by atoms with Gasteiger partial charge in [0.1, 0.15) is 28.0 Å². The third kappa shape index (κ3) is 3.93. The quantitative estimate of drug-likeness (QED) is 0.180. The van der Waals surface area contributed by atoms with E-state index in [0.29, 0.717) is 11.4 Å². The van der Waals surface area contributed by atoms with Gasteiger partial charge in [-0.25, -0.2) is 9.97 Å². The Balaban J connectivity index is 1.15. The fourth-order valence-corrected chi connectivity index (χ4v) is 7.79. The molecule has 0 radical (unpaired) electrons. The summed E-state index contributed by atoms with van der Waals surface area (Å²) >= 11 is 0. The molecular formula is C46H26N2O2. The van der Waals surface area contributed by atoms with E-state index in [4.69, 9.17) is 18.8 Å². The van der Waals surface area contributed by atoms with Crippen LogP contribution >= 0.6 is 0 Å². The van der Waals surface area contributed by atoms with Crippen LogP contribution in [0, 0.1) is 0 Å². The fourth-order valence-electron chi connectivity index (χ4n) is 7.79. The lowest BCUT2D eigenvalue weighted by molar-refractivity contribution is 0.667. The van der Waals surface area contributed by atoms with Crippen LogP contribution in [-0.4, -0.2) is 9.97 Å². The second-order valence-electron chi connectivity index (χ2n) is 12.9. The Bertz CT molecular complexity index is 3080. The van der Waals surface area contributed by atoms with Gasteiger partial charge in [-0.3, -0.25) is 0 Å². The van der Waals surface area contributed by atoms with Crippen LogP contribution in [-0.2, 0) is 0 Å². The summed E-state index contributed by atoms with van der Waals surface area (Å²) in [5.41, 5.74) is 11.5. The second-order valence-corrected chi connectivity index (χ2v) is 12.9. The maximum Gasteiger partial charge on any atom is 0.180 e. The van der Waals surface area contributed by atoms with Crippen molar-refractivity contribution in [1.29, 1.82) is 0 Å². The number of aromatic nitrogens is 2. The van der Waals surface area contributed by atoms with Crippen LogP contribution < -0.4 is 0 Å². The summed E-state index contributed by atoms with van der Waals surface area (Å²) in [6.07, 6.45) is 0. The topological polar surface area (TPSA) is 52.1 Å². The van der Waals surface area contributed by atoms with Crippen molar-refractivity contribution < 1.29 is 8.83 Å². The fraction of sp³-hybridized carbons (Fsp3) is 0. The van der Waals surface area contributed by atoms with Crippen molar-refractivity contribution in [3.63, 3.8) is 0 Å². The minimum atomic E-state index is 0.661. The van der Waals surface area contributed by atoms with Gasteiger partial charge in [-0.2, -0.15) is 0 Å². The van der Waals surface area contributed by atoms with Gasteiger partial charge in [0.05, 0.1) is 0 Å². The van der Waals surface area contributed by atoms with Gasteiger partial charge in [-0.05, 0) is 74.8 Å². The number of para-hydroxylation sites is 1. The van der Waals surface area contributed by atoms with Crippen molar-refractivity contribution in [1.82, 2.24) is 9.97 Å². The Labute approximate surface area is 286 Å². The largest absolute Gasteiger partial charge is 0.456 e. The number of fused-ring (bicyclic) bond motifs is 6. The van der Waals surface area contributed by atoms with E-state index in [-0.39, 0.29) is 0 Å². The van der Waals surface area contributed by atoms with Gasteiger partial charge in [-0.1, -0.05) is 121 Å². The first-order valence-corrected chi connectivity index (χ1v) is 16.8. The molecule has 3 heterocycles. The van der Waals surface area contributed by atoms with Gasteiger partial charge in [0, 0.05) is 32.7 Å². The lowest BCUT2D eigenvalue weighted by Gasteiger charge is -2.14. The van der Waals surface area contributed by atoms with E-state index in [2.05, 4.69) is 121 Å². The number of rotatable bonds is 4. The summed E-state index contributed by atoms with van der Waals surface area (Å²) < 4.78 is 12.8. The number of benzene rings is 8. The lowest BCUT2D eigenvalue weighted by Crippen LogP contribution is -1.94. The first-order chi connectivity index (χ1) is 24.8. The maximum absolute atomic E-state index is 6.43. The molecule has 3 aromatic heterocycles. The molecule has 0 N–H and O–H groups in total. The van der Waals surface area contributed by atoms with E-state index < -0.39 is 0 Å². The third-order valence-corrected chi connectivity index (χ3v) is 10.0. The smallest absolute Gasteiger partial charge is 0.180 e. The normalized spacial score (nSPS) is 12.0. The molecule has 0 aliphatic heterocycles. The molecule has 0 saturated carbocycles. The number of nitrogens with zero attached hydrogens (tertiary/aromatic N) is 2. The lowest BCUT2D eigenvalue weighted by atomic mass is 9.88. The van der Waals surface area contributed by atoms with Crippen LogP contribution in [0.5, 0.6) is 0 Å². The van der Waals surface area contributed by atoms with Gasteiger partial charge >= 0.3 is 0 Å². The molecular weight excluding hydrogens is 613 g/mol. The van der Waals surface area contributed by atoms with Gasteiger partial charge in [0.25, 0.3) is 0 Å². The van der Waals surface area contributed by atoms with E-state index in [0.717, 1.165) is 55.6 Å². The molecule has 4 nitrogen and oxygen atoms in total. The molecule has 0 bridgehead atoms. The van der Waals surface area contributed by atoms with Crippen molar-refractivity contribution in [2.24, 2.45) is 0 Å². The molecule has 50 heavy (non-hydrogen) atoms. The first kappa shape index (κ1) is 27.2. The Kier molecular flexibility index (Phi) is 5.63. The van der Waals surface area contributed by atoms with Crippen molar-refractivity contribution in [2.75, 3.05) is 0 Å². The van der Waals surface area contributed by atoms with Crippen LogP contribution in [0.15, 0.2) is 167 Å². The Morgan fingerprint density at radius 1 is 0.360 bits per heavy atom. The molecule has 11 aromatic rings. The molecule has 0 atom stereocenters. The standard InChI is InChI=1S/C46H26N2O2/c1-3-11-27(12-4-1)32-23-24-39-42-40(32)36-26-30(21-22-33(36)34-18-10-20-38(49-39)41(34)42)29-15-9-16-31(25-29)46-47-43(28-13-5-2-6-14-28)45-44(48-46)35-17-7-8-19-37(35)50-45/h1-26H. The average Bonchev–Trinajstić information content (AvgIpc) is 3.76. The van der Waals surface area contributed by atoms with Gasteiger partial charge in [0.2, 0.25) is 0 Å². The second kappa shape index (κ2) is 10.4. The number of hydrogen-bond acceptors (Lipinski definition) is 4. The van der Waals surface area contributed by atoms with E-state index in [1.807, 2.05) is 36.4 Å². The maximum atomic E-state index is 6.43. The SMILES string of the molecule is c1ccc(-c2nc(-c3cccc(-c4ccc5c(c4)c4c(-c6ccccc6)ccc6oc7cccc5c7c64)c3)nc3c2oc2ccccc23)cc1. The van der Waals surface area contributed by atoms with Crippen molar-refractivity contribution >= 4 is 65.6 Å². The van der Waals surface area contributed by atoms with Crippen LogP contribution in [0.4, 0.5) is 0 Å². The van der Waals surface area contributed by atoms with Crippen LogP contribution in [0.25, 0.3) is 110 Å². The molecule has 0 fully saturated rings. The summed E-state index contributed by atoms with van der Waals surface area (Å²) in [6.45, 7) is 0. The van der Waals surface area contributed by atoms with Gasteiger partial charge in [0.15, 0.2) is 11.4 Å². The molecule has 8 aromatic carbocycles. The summed E-state index contributed by atoms with van der Waals surface area (Å²) in [6, 6.07) is 55.0. The highest BCUT2D eigenvalue weighted by Gasteiger charge is 2.21. The van der Waals surface area contributed by atoms with Gasteiger partial charge < -0.3 is 8.83 Å². The highest BCUT2D eigenvalue weighted by molar-refractivity contribution is 6.35. The molecule has 11 rings (SSSR count). The van der Waals surface area contributed by atoms with Crippen molar-refractivity contribution in [2.45, 2.75) is 0 Å². The van der Waals surface area contributed by atoms with E-state index in [1.165, 1.54) is 43.4 Å². The van der Waals surface area contributed by atoms with E-state index in [9.17, 15) is 0 Å².